The van der Waals surface area contributed by atoms with E-state index < -0.39 is 0 Å². The highest BCUT2D eigenvalue weighted by Gasteiger charge is 2.04. The van der Waals surface area contributed by atoms with E-state index in [1.165, 1.54) is 10.8 Å². The van der Waals surface area contributed by atoms with Gasteiger partial charge in [0.2, 0.25) is 0 Å². The standard InChI is InChI=1S/C7H7N5O/c8-11-7(13)5-1-2-6-9-4-10-12(6)3-5/h1-4H,8H2,(H,11,13). The molecule has 0 aliphatic carbocycles. The van der Waals surface area contributed by atoms with Gasteiger partial charge in [0.05, 0.1) is 5.56 Å². The summed E-state index contributed by atoms with van der Waals surface area (Å²) in [5.41, 5.74) is 3.17. The molecule has 2 aromatic rings. The minimum absolute atomic E-state index is 0.350. The van der Waals surface area contributed by atoms with Crippen molar-refractivity contribution < 1.29 is 4.79 Å². The minimum Gasteiger partial charge on any atom is -0.290 e. The fourth-order valence-corrected chi connectivity index (χ4v) is 1.03. The third kappa shape index (κ3) is 1.23. The number of nitrogens with two attached hydrogens (primary N) is 1. The average Bonchev–Trinajstić information content (AvgIpc) is 2.63. The highest BCUT2D eigenvalue weighted by Crippen LogP contribution is 2.01. The number of pyridine rings is 1. The van der Waals surface area contributed by atoms with E-state index >= 15 is 0 Å². The van der Waals surface area contributed by atoms with Gasteiger partial charge in [-0.25, -0.2) is 15.3 Å². The first-order valence-corrected chi connectivity index (χ1v) is 3.61. The van der Waals surface area contributed by atoms with Gasteiger partial charge in [-0.3, -0.25) is 10.2 Å². The summed E-state index contributed by atoms with van der Waals surface area (Å²) in [4.78, 5) is 15.0. The summed E-state index contributed by atoms with van der Waals surface area (Å²) in [6.45, 7) is 0. The quantitative estimate of drug-likeness (QED) is 0.344. The number of carbonyl (C=O) groups excluding carboxylic acids is 1. The third-order valence-electron chi connectivity index (χ3n) is 1.67. The molecule has 0 radical (unpaired) electrons. The van der Waals surface area contributed by atoms with E-state index in [1.807, 2.05) is 5.43 Å². The molecule has 1 amide bonds. The molecule has 0 aliphatic heterocycles. The summed E-state index contributed by atoms with van der Waals surface area (Å²) in [5, 5.41) is 3.88. The number of carbonyl (C=O) groups is 1. The number of nitrogens with zero attached hydrogens (tertiary/aromatic N) is 3. The Morgan fingerprint density at radius 3 is 3.15 bits per heavy atom. The van der Waals surface area contributed by atoms with Crippen LogP contribution in [0.3, 0.4) is 0 Å². The van der Waals surface area contributed by atoms with Crippen molar-refractivity contribution in [2.45, 2.75) is 0 Å². The number of rotatable bonds is 1. The molecule has 0 spiro atoms. The summed E-state index contributed by atoms with van der Waals surface area (Å²) >= 11 is 0. The maximum Gasteiger partial charge on any atom is 0.266 e. The van der Waals surface area contributed by atoms with Crippen LogP contribution in [0, 0.1) is 0 Å². The highest BCUT2D eigenvalue weighted by molar-refractivity contribution is 5.93. The van der Waals surface area contributed by atoms with Crippen LogP contribution in [0.25, 0.3) is 5.65 Å². The van der Waals surface area contributed by atoms with Crippen LogP contribution in [0.15, 0.2) is 24.7 Å². The summed E-state index contributed by atoms with van der Waals surface area (Å²) in [5.74, 6) is 4.63. The first-order chi connectivity index (χ1) is 6.31. The van der Waals surface area contributed by atoms with Gasteiger partial charge in [-0.1, -0.05) is 0 Å². The Labute approximate surface area is 73.3 Å². The maximum absolute atomic E-state index is 11.1. The fourth-order valence-electron chi connectivity index (χ4n) is 1.03. The molecule has 6 nitrogen and oxygen atoms in total. The van der Waals surface area contributed by atoms with Crippen molar-refractivity contribution in [1.82, 2.24) is 20.0 Å². The second-order valence-electron chi connectivity index (χ2n) is 2.45. The summed E-state index contributed by atoms with van der Waals surface area (Å²) in [7, 11) is 0. The monoisotopic (exact) mass is 177 g/mol. The molecular formula is C7H7N5O. The number of amides is 1. The Morgan fingerprint density at radius 1 is 1.54 bits per heavy atom. The number of fused-ring (bicyclic) bond motifs is 1. The van der Waals surface area contributed by atoms with Crippen molar-refractivity contribution in [2.75, 3.05) is 0 Å². The van der Waals surface area contributed by atoms with Crippen LogP contribution in [0.5, 0.6) is 0 Å². The van der Waals surface area contributed by atoms with Crippen LogP contribution in [0.1, 0.15) is 10.4 Å². The zero-order valence-electron chi connectivity index (χ0n) is 6.64. The Bertz CT molecular complexity index is 449. The van der Waals surface area contributed by atoms with Crippen LogP contribution < -0.4 is 11.3 Å². The third-order valence-corrected chi connectivity index (χ3v) is 1.67. The molecule has 0 bridgehead atoms. The van der Waals surface area contributed by atoms with Gasteiger partial charge >= 0.3 is 0 Å². The smallest absolute Gasteiger partial charge is 0.266 e. The van der Waals surface area contributed by atoms with Gasteiger partial charge in [0.15, 0.2) is 5.65 Å². The highest BCUT2D eigenvalue weighted by atomic mass is 16.2. The molecule has 2 rings (SSSR count). The van der Waals surface area contributed by atoms with Crippen molar-refractivity contribution in [3.8, 4) is 0 Å². The number of aromatic nitrogens is 3. The minimum atomic E-state index is -0.350. The van der Waals surface area contributed by atoms with Crippen molar-refractivity contribution in [1.29, 1.82) is 0 Å². The van der Waals surface area contributed by atoms with Crippen LogP contribution in [-0.2, 0) is 0 Å². The second-order valence-corrected chi connectivity index (χ2v) is 2.45. The number of hydrogen-bond acceptors (Lipinski definition) is 4. The van der Waals surface area contributed by atoms with E-state index in [1.54, 1.807) is 18.3 Å². The summed E-state index contributed by atoms with van der Waals surface area (Å²) in [6, 6.07) is 3.32. The molecular weight excluding hydrogens is 170 g/mol. The van der Waals surface area contributed by atoms with Gasteiger partial charge in [-0.15, -0.1) is 0 Å². The van der Waals surface area contributed by atoms with E-state index in [-0.39, 0.29) is 5.91 Å². The van der Waals surface area contributed by atoms with E-state index in [2.05, 4.69) is 10.1 Å². The molecule has 0 fully saturated rings. The van der Waals surface area contributed by atoms with Crippen molar-refractivity contribution in [2.24, 2.45) is 5.84 Å². The molecule has 0 aromatic carbocycles. The molecule has 0 saturated carbocycles. The molecule has 6 heteroatoms. The Kier molecular flexibility index (Phi) is 1.67. The lowest BCUT2D eigenvalue weighted by Gasteiger charge is -1.98. The molecule has 3 N–H and O–H groups in total. The fraction of sp³-hybridized carbons (Fsp3) is 0. The lowest BCUT2D eigenvalue weighted by Crippen LogP contribution is -2.30. The topological polar surface area (TPSA) is 85.3 Å². The predicted octanol–water partition coefficient (Wildman–Crippen LogP) is -0.667. The molecule has 13 heavy (non-hydrogen) atoms. The number of hydrazine groups is 1. The summed E-state index contributed by atoms with van der Waals surface area (Å²) in [6.07, 6.45) is 2.98. The van der Waals surface area contributed by atoms with Crippen LogP contribution in [0.4, 0.5) is 0 Å². The predicted molar refractivity (Wildman–Crippen MR) is 44.6 cm³/mol. The summed E-state index contributed by atoms with van der Waals surface area (Å²) < 4.78 is 1.50. The van der Waals surface area contributed by atoms with Gasteiger partial charge in [0.1, 0.15) is 6.33 Å². The molecule has 0 saturated heterocycles. The van der Waals surface area contributed by atoms with Gasteiger partial charge in [-0.05, 0) is 12.1 Å². The van der Waals surface area contributed by atoms with E-state index in [0.717, 1.165) is 0 Å². The van der Waals surface area contributed by atoms with Crippen molar-refractivity contribution >= 4 is 11.6 Å². The first-order valence-electron chi connectivity index (χ1n) is 3.61. The largest absolute Gasteiger partial charge is 0.290 e. The zero-order chi connectivity index (χ0) is 9.26. The first kappa shape index (κ1) is 7.69. The molecule has 0 atom stereocenters. The Morgan fingerprint density at radius 2 is 2.38 bits per heavy atom. The van der Waals surface area contributed by atoms with E-state index in [0.29, 0.717) is 11.2 Å². The van der Waals surface area contributed by atoms with Crippen molar-refractivity contribution in [3.63, 3.8) is 0 Å². The van der Waals surface area contributed by atoms with E-state index in [9.17, 15) is 4.79 Å². The Hall–Kier alpha value is -1.95. The molecule has 66 valence electrons. The lowest BCUT2D eigenvalue weighted by molar-refractivity contribution is 0.0953. The second kappa shape index (κ2) is 2.83. The van der Waals surface area contributed by atoms with Gasteiger partial charge in [0.25, 0.3) is 5.91 Å². The molecule has 0 unspecified atom stereocenters. The van der Waals surface area contributed by atoms with Crippen molar-refractivity contribution in [3.05, 3.63) is 30.2 Å². The molecule has 2 aromatic heterocycles. The van der Waals surface area contributed by atoms with Gasteiger partial charge in [0, 0.05) is 6.20 Å². The zero-order valence-corrected chi connectivity index (χ0v) is 6.64. The number of nitrogens with one attached hydrogen (secondary N) is 1. The molecule has 0 aliphatic rings. The Balaban J connectivity index is 2.54. The normalized spacial score (nSPS) is 10.2. The van der Waals surface area contributed by atoms with Gasteiger partial charge < -0.3 is 0 Å². The molecule has 2 heterocycles. The van der Waals surface area contributed by atoms with Gasteiger partial charge in [-0.2, -0.15) is 5.10 Å². The van der Waals surface area contributed by atoms with Crippen LogP contribution in [0.2, 0.25) is 0 Å². The maximum atomic E-state index is 11.1. The number of nitrogen functional groups attached to an aromatic ring is 1. The SMILES string of the molecule is NNC(=O)c1ccc2ncnn2c1. The van der Waals surface area contributed by atoms with E-state index in [4.69, 9.17) is 5.84 Å². The van der Waals surface area contributed by atoms with Crippen LogP contribution in [-0.4, -0.2) is 20.5 Å². The van der Waals surface area contributed by atoms with Crippen LogP contribution >= 0.6 is 0 Å². The average molecular weight is 177 g/mol. The number of hydrogen-bond donors (Lipinski definition) is 2. The lowest BCUT2D eigenvalue weighted by atomic mass is 10.3.